The van der Waals surface area contributed by atoms with Gasteiger partial charge in [0.25, 0.3) is 0 Å². The Balaban J connectivity index is 1.82. The molecule has 0 N–H and O–H groups in total. The van der Waals surface area contributed by atoms with Gasteiger partial charge in [-0.25, -0.2) is 0 Å². The van der Waals surface area contributed by atoms with Crippen LogP contribution in [0.25, 0.3) is 0 Å². The van der Waals surface area contributed by atoms with Crippen LogP contribution < -0.4 is 0 Å². The number of hydrogen-bond donors (Lipinski definition) is 0. The van der Waals surface area contributed by atoms with E-state index in [4.69, 9.17) is 0 Å². The maximum atomic E-state index is 13.4. The Morgan fingerprint density at radius 3 is 2.56 bits per heavy atom. The number of pyridine rings is 1. The highest BCUT2D eigenvalue weighted by Gasteiger charge is 2.33. The van der Waals surface area contributed by atoms with Crippen molar-refractivity contribution in [2.45, 2.75) is 45.1 Å². The summed E-state index contributed by atoms with van der Waals surface area (Å²) in [5.74, 6) is 0. The number of alkyl halides is 3. The summed E-state index contributed by atoms with van der Waals surface area (Å²) in [7, 11) is 0. The molecule has 2 aromatic rings. The lowest BCUT2D eigenvalue weighted by atomic mass is 10.1. The molecule has 1 fully saturated rings. The molecule has 6 heteroatoms. The zero-order valence-electron chi connectivity index (χ0n) is 15.6. The first-order valence-electron chi connectivity index (χ1n) is 9.47. The zero-order valence-corrected chi connectivity index (χ0v) is 15.6. The van der Waals surface area contributed by atoms with Gasteiger partial charge in [-0.2, -0.15) is 13.2 Å². The number of likely N-dealkylation sites (N-methyl/N-ethyl adjacent to an activating group) is 1. The van der Waals surface area contributed by atoms with Crippen molar-refractivity contribution in [3.05, 3.63) is 65.5 Å². The van der Waals surface area contributed by atoms with Gasteiger partial charge in [0, 0.05) is 38.1 Å². The van der Waals surface area contributed by atoms with Crippen LogP contribution in [0, 0.1) is 0 Å². The molecular formula is C21H26F3N3. The molecule has 1 aromatic carbocycles. The fraction of sp³-hybridized carbons (Fsp3) is 0.476. The number of halogens is 3. The molecule has 3 rings (SSSR count). The van der Waals surface area contributed by atoms with E-state index >= 15 is 0 Å². The Morgan fingerprint density at radius 2 is 1.85 bits per heavy atom. The lowest BCUT2D eigenvalue weighted by Gasteiger charge is -2.31. The van der Waals surface area contributed by atoms with Gasteiger partial charge >= 0.3 is 6.18 Å². The van der Waals surface area contributed by atoms with Crippen molar-refractivity contribution in [3.63, 3.8) is 0 Å². The number of rotatable bonds is 7. The van der Waals surface area contributed by atoms with Crippen molar-refractivity contribution < 1.29 is 13.2 Å². The molecule has 0 radical (unpaired) electrons. The van der Waals surface area contributed by atoms with Crippen molar-refractivity contribution in [3.8, 4) is 0 Å². The minimum Gasteiger partial charge on any atom is -0.299 e. The van der Waals surface area contributed by atoms with Crippen molar-refractivity contribution >= 4 is 0 Å². The van der Waals surface area contributed by atoms with Gasteiger partial charge in [0.1, 0.15) is 0 Å². The van der Waals surface area contributed by atoms with Gasteiger partial charge in [0.05, 0.1) is 5.56 Å². The molecule has 2 heterocycles. The molecule has 1 unspecified atom stereocenters. The Morgan fingerprint density at radius 1 is 1.11 bits per heavy atom. The van der Waals surface area contributed by atoms with Crippen LogP contribution in [0.1, 0.15) is 36.5 Å². The van der Waals surface area contributed by atoms with E-state index in [1.165, 1.54) is 12.1 Å². The fourth-order valence-corrected chi connectivity index (χ4v) is 3.92. The number of hydrogen-bond acceptors (Lipinski definition) is 3. The average molecular weight is 377 g/mol. The first-order chi connectivity index (χ1) is 13.0. The van der Waals surface area contributed by atoms with Gasteiger partial charge < -0.3 is 0 Å². The summed E-state index contributed by atoms with van der Waals surface area (Å²) in [6.07, 6.45) is 1.38. The summed E-state index contributed by atoms with van der Waals surface area (Å²) in [4.78, 5) is 8.60. The normalized spacial score (nSPS) is 18.3. The van der Waals surface area contributed by atoms with Gasteiger partial charge in [0.15, 0.2) is 0 Å². The molecule has 1 saturated heterocycles. The summed E-state index contributed by atoms with van der Waals surface area (Å²) in [5, 5.41) is 0. The summed E-state index contributed by atoms with van der Waals surface area (Å²) < 4.78 is 40.2. The summed E-state index contributed by atoms with van der Waals surface area (Å²) in [6, 6.07) is 10.2. The van der Waals surface area contributed by atoms with E-state index in [1.807, 2.05) is 12.1 Å². The van der Waals surface area contributed by atoms with Crippen molar-refractivity contribution in [2.75, 3.05) is 19.6 Å². The van der Waals surface area contributed by atoms with Crippen molar-refractivity contribution in [2.24, 2.45) is 0 Å². The first-order valence-corrected chi connectivity index (χ1v) is 9.47. The summed E-state index contributed by atoms with van der Waals surface area (Å²) in [5.41, 5.74) is 0.860. The molecule has 0 aliphatic carbocycles. The van der Waals surface area contributed by atoms with Crippen LogP contribution in [0.2, 0.25) is 0 Å². The molecule has 1 aliphatic rings. The molecule has 0 bridgehead atoms. The van der Waals surface area contributed by atoms with E-state index < -0.39 is 11.7 Å². The average Bonchev–Trinajstić information content (AvgIpc) is 3.09. The van der Waals surface area contributed by atoms with Gasteiger partial charge in [0.2, 0.25) is 0 Å². The van der Waals surface area contributed by atoms with Gasteiger partial charge in [-0.15, -0.1) is 0 Å². The molecule has 146 valence electrons. The molecule has 0 amide bonds. The van der Waals surface area contributed by atoms with Crippen LogP contribution in [-0.4, -0.2) is 40.5 Å². The Labute approximate surface area is 158 Å². The lowest BCUT2D eigenvalue weighted by molar-refractivity contribution is -0.138. The van der Waals surface area contributed by atoms with Gasteiger partial charge in [-0.1, -0.05) is 25.1 Å². The largest absolute Gasteiger partial charge is 0.416 e. The van der Waals surface area contributed by atoms with Gasteiger partial charge in [-0.3, -0.25) is 14.8 Å². The predicted octanol–water partition coefficient (Wildman–Crippen LogP) is 4.59. The second-order valence-corrected chi connectivity index (χ2v) is 7.10. The molecule has 1 aliphatic heterocycles. The minimum atomic E-state index is -4.33. The molecule has 0 spiro atoms. The minimum absolute atomic E-state index is 0.284. The maximum Gasteiger partial charge on any atom is 0.416 e. The number of benzene rings is 1. The molecule has 27 heavy (non-hydrogen) atoms. The highest BCUT2D eigenvalue weighted by molar-refractivity contribution is 5.29. The Kier molecular flexibility index (Phi) is 6.50. The van der Waals surface area contributed by atoms with E-state index in [2.05, 4.69) is 21.7 Å². The molecule has 0 saturated carbocycles. The number of nitrogens with zero attached hydrogens (tertiary/aromatic N) is 3. The number of aromatic nitrogens is 1. The third-order valence-electron chi connectivity index (χ3n) is 5.25. The zero-order chi connectivity index (χ0) is 19.3. The van der Waals surface area contributed by atoms with E-state index in [0.29, 0.717) is 18.2 Å². The monoisotopic (exact) mass is 377 g/mol. The first kappa shape index (κ1) is 19.8. The Bertz CT molecular complexity index is 718. The van der Waals surface area contributed by atoms with Crippen molar-refractivity contribution in [1.29, 1.82) is 0 Å². The molecule has 3 nitrogen and oxygen atoms in total. The van der Waals surface area contributed by atoms with Crippen LogP contribution in [0.3, 0.4) is 0 Å². The van der Waals surface area contributed by atoms with E-state index in [-0.39, 0.29) is 6.54 Å². The third-order valence-corrected chi connectivity index (χ3v) is 5.25. The van der Waals surface area contributed by atoms with Crippen LogP contribution in [0.15, 0.2) is 48.8 Å². The SMILES string of the molecule is CCN1CCCC1CN(Cc1ccncc1)Cc1ccccc1C(F)(F)F. The number of likely N-dealkylation sites (tertiary alicyclic amines) is 1. The van der Waals surface area contributed by atoms with E-state index in [9.17, 15) is 13.2 Å². The molecular weight excluding hydrogens is 351 g/mol. The van der Waals surface area contributed by atoms with Crippen LogP contribution in [-0.2, 0) is 19.3 Å². The fourth-order valence-electron chi connectivity index (χ4n) is 3.92. The smallest absolute Gasteiger partial charge is 0.299 e. The van der Waals surface area contributed by atoms with Crippen LogP contribution >= 0.6 is 0 Å². The second-order valence-electron chi connectivity index (χ2n) is 7.10. The Hall–Kier alpha value is -1.92. The van der Waals surface area contributed by atoms with Crippen molar-refractivity contribution in [1.82, 2.24) is 14.8 Å². The molecule has 1 aromatic heterocycles. The van der Waals surface area contributed by atoms with E-state index in [1.54, 1.807) is 24.5 Å². The highest BCUT2D eigenvalue weighted by atomic mass is 19.4. The maximum absolute atomic E-state index is 13.4. The van der Waals surface area contributed by atoms with Gasteiger partial charge in [-0.05, 0) is 55.3 Å². The third kappa shape index (κ3) is 5.30. The summed E-state index contributed by atoms with van der Waals surface area (Å²) in [6.45, 7) is 5.86. The standard InChI is InChI=1S/C21H26F3N3/c1-2-27-13-5-7-19(27)16-26(14-17-9-11-25-12-10-17)15-18-6-3-4-8-20(18)21(22,23)24/h3-4,6,8-12,19H,2,5,7,13-16H2,1H3. The molecule has 1 atom stereocenters. The highest BCUT2D eigenvalue weighted by Crippen LogP contribution is 2.32. The van der Waals surface area contributed by atoms with Crippen LogP contribution in [0.4, 0.5) is 13.2 Å². The predicted molar refractivity (Wildman–Crippen MR) is 100 cm³/mol. The van der Waals surface area contributed by atoms with Crippen LogP contribution in [0.5, 0.6) is 0 Å². The summed E-state index contributed by atoms with van der Waals surface area (Å²) >= 11 is 0. The lowest BCUT2D eigenvalue weighted by Crippen LogP contribution is -2.40. The second kappa shape index (κ2) is 8.85. The quantitative estimate of drug-likeness (QED) is 0.704. The van der Waals surface area contributed by atoms with E-state index in [0.717, 1.165) is 38.0 Å². The topological polar surface area (TPSA) is 19.4 Å².